The molecule has 0 rings (SSSR count). The second-order valence-corrected chi connectivity index (χ2v) is 7.02. The summed E-state index contributed by atoms with van der Waals surface area (Å²) in [7, 11) is 2.47. The first-order chi connectivity index (χ1) is 10.9. The Balaban J connectivity index is 2.95. The van der Waals surface area contributed by atoms with Crippen molar-refractivity contribution >= 4 is 9.24 Å². The molecule has 1 atom stereocenters. The maximum absolute atomic E-state index is 3.11. The molecule has 0 aromatic carbocycles. The Morgan fingerprint density at radius 1 is 0.500 bits per heavy atom. The molecule has 0 aromatic rings. The van der Waals surface area contributed by atoms with Crippen LogP contribution in [0.4, 0.5) is 0 Å². The Hall–Kier alpha value is -0.0100. The quantitative estimate of drug-likeness (QED) is 0.145. The van der Waals surface area contributed by atoms with E-state index in [0.29, 0.717) is 0 Å². The topological polar surface area (TPSA) is 0 Å². The Kier molecular flexibility index (Phi) is 21.0. The standard InChI is InChI=1S/C21H41P/c1-2-3-4-5-6-7-8-9-10-11-12-13-14-15-16-17-18-19-20-21-22/h2-19,22H2,1H3. The van der Waals surface area contributed by atoms with Crippen molar-refractivity contribution in [2.75, 3.05) is 0 Å². The van der Waals surface area contributed by atoms with Gasteiger partial charge in [0.25, 0.3) is 0 Å². The summed E-state index contributed by atoms with van der Waals surface area (Å²) in [5.41, 5.74) is 2.89. The summed E-state index contributed by atoms with van der Waals surface area (Å²) in [6, 6.07) is 0. The van der Waals surface area contributed by atoms with Crippen molar-refractivity contribution in [1.29, 1.82) is 0 Å². The predicted molar refractivity (Wildman–Crippen MR) is 106 cm³/mol. The Labute approximate surface area is 143 Å². The van der Waals surface area contributed by atoms with Gasteiger partial charge in [-0.2, -0.15) is 0 Å². The van der Waals surface area contributed by atoms with E-state index in [2.05, 4.69) is 27.7 Å². The highest BCUT2D eigenvalue weighted by Crippen LogP contribution is 2.14. The summed E-state index contributed by atoms with van der Waals surface area (Å²) in [4.78, 5) is 0. The van der Waals surface area contributed by atoms with Crippen LogP contribution in [0.15, 0.2) is 0 Å². The van der Waals surface area contributed by atoms with Gasteiger partial charge in [0.05, 0.1) is 0 Å². The van der Waals surface area contributed by atoms with E-state index in [1.165, 1.54) is 109 Å². The fourth-order valence-electron chi connectivity index (χ4n) is 3.01. The van der Waals surface area contributed by atoms with Crippen LogP contribution in [-0.2, 0) is 0 Å². The Bertz CT molecular complexity index is 248. The zero-order valence-electron chi connectivity index (χ0n) is 15.3. The summed E-state index contributed by atoms with van der Waals surface area (Å²) in [6.07, 6.45) is 25.6. The maximum Gasteiger partial charge on any atom is 0.00919 e. The molecule has 0 fully saturated rings. The molecule has 130 valence electrons. The maximum atomic E-state index is 3.11. The second kappa shape index (κ2) is 21.0. The third-order valence-electron chi connectivity index (χ3n) is 4.51. The van der Waals surface area contributed by atoms with Crippen LogP contribution < -0.4 is 0 Å². The molecule has 0 radical (unpaired) electrons. The first kappa shape index (κ1) is 22.0. The SMILES string of the molecule is CCCCCCCCCCCCCCCCCCCC#CP. The lowest BCUT2D eigenvalue weighted by Gasteiger charge is -2.03. The lowest BCUT2D eigenvalue weighted by Crippen LogP contribution is -1.83. The third-order valence-corrected chi connectivity index (χ3v) is 4.71. The molecule has 0 aliphatic heterocycles. The molecule has 0 aliphatic carbocycles. The molecule has 22 heavy (non-hydrogen) atoms. The molecule has 0 saturated heterocycles. The molecule has 0 saturated carbocycles. The van der Waals surface area contributed by atoms with E-state index >= 15 is 0 Å². The monoisotopic (exact) mass is 324 g/mol. The molecular weight excluding hydrogens is 283 g/mol. The largest absolute Gasteiger partial charge is 0.0992 e. The van der Waals surface area contributed by atoms with Gasteiger partial charge in [-0.25, -0.2) is 0 Å². The molecular formula is C21H41P. The fraction of sp³-hybridized carbons (Fsp3) is 0.905. The van der Waals surface area contributed by atoms with Crippen molar-refractivity contribution in [3.63, 3.8) is 0 Å². The average molecular weight is 325 g/mol. The Morgan fingerprint density at radius 2 is 0.818 bits per heavy atom. The predicted octanol–water partition coefficient (Wildman–Crippen LogP) is 7.86. The van der Waals surface area contributed by atoms with E-state index in [-0.39, 0.29) is 0 Å². The smallest absolute Gasteiger partial charge is 0.00919 e. The van der Waals surface area contributed by atoms with E-state index < -0.39 is 0 Å². The van der Waals surface area contributed by atoms with Crippen LogP contribution in [0.3, 0.4) is 0 Å². The van der Waals surface area contributed by atoms with Crippen LogP contribution in [0.2, 0.25) is 0 Å². The Morgan fingerprint density at radius 3 is 1.14 bits per heavy atom. The van der Waals surface area contributed by atoms with Crippen molar-refractivity contribution in [2.24, 2.45) is 0 Å². The third kappa shape index (κ3) is 20.0. The lowest BCUT2D eigenvalue weighted by molar-refractivity contribution is 0.528. The molecule has 0 N–H and O–H groups in total. The van der Waals surface area contributed by atoms with Gasteiger partial charge in [-0.15, -0.1) is 0 Å². The molecule has 1 unspecified atom stereocenters. The number of unbranched alkanes of at least 4 members (excludes halogenated alkanes) is 17. The van der Waals surface area contributed by atoms with Crippen LogP contribution in [0.25, 0.3) is 0 Å². The summed E-state index contributed by atoms with van der Waals surface area (Å²) >= 11 is 0. The highest BCUT2D eigenvalue weighted by molar-refractivity contribution is 7.23. The summed E-state index contributed by atoms with van der Waals surface area (Å²) in [5, 5.41) is 0. The molecule has 0 spiro atoms. The van der Waals surface area contributed by atoms with Gasteiger partial charge in [0.1, 0.15) is 0 Å². The van der Waals surface area contributed by atoms with Crippen LogP contribution >= 0.6 is 9.24 Å². The zero-order valence-corrected chi connectivity index (χ0v) is 16.5. The van der Waals surface area contributed by atoms with Crippen LogP contribution in [0.5, 0.6) is 0 Å². The second-order valence-electron chi connectivity index (χ2n) is 6.73. The van der Waals surface area contributed by atoms with Crippen molar-refractivity contribution in [2.45, 2.75) is 122 Å². The lowest BCUT2D eigenvalue weighted by atomic mass is 10.0. The fourth-order valence-corrected chi connectivity index (χ4v) is 3.15. The van der Waals surface area contributed by atoms with E-state index in [9.17, 15) is 0 Å². The summed E-state index contributed by atoms with van der Waals surface area (Å²) < 4.78 is 0. The minimum atomic E-state index is 1.09. The van der Waals surface area contributed by atoms with Crippen LogP contribution in [-0.4, -0.2) is 0 Å². The molecule has 0 amide bonds. The molecule has 0 aliphatic rings. The summed E-state index contributed by atoms with van der Waals surface area (Å²) in [6.45, 7) is 2.29. The minimum absolute atomic E-state index is 1.09. The number of hydrogen-bond acceptors (Lipinski definition) is 0. The van der Waals surface area contributed by atoms with Gasteiger partial charge in [-0.05, 0) is 6.42 Å². The van der Waals surface area contributed by atoms with Crippen molar-refractivity contribution in [1.82, 2.24) is 0 Å². The van der Waals surface area contributed by atoms with Crippen molar-refractivity contribution in [3.05, 3.63) is 0 Å². The molecule has 0 aromatic heterocycles. The van der Waals surface area contributed by atoms with Gasteiger partial charge in [0.15, 0.2) is 0 Å². The van der Waals surface area contributed by atoms with Crippen LogP contribution in [0.1, 0.15) is 122 Å². The van der Waals surface area contributed by atoms with Crippen molar-refractivity contribution in [3.8, 4) is 11.6 Å². The first-order valence-corrected chi connectivity index (χ1v) is 10.7. The highest BCUT2D eigenvalue weighted by Gasteiger charge is 1.94. The average Bonchev–Trinajstić information content (AvgIpc) is 2.54. The van der Waals surface area contributed by atoms with Gasteiger partial charge in [0.2, 0.25) is 0 Å². The van der Waals surface area contributed by atoms with Gasteiger partial charge in [-0.1, -0.05) is 130 Å². The summed E-state index contributed by atoms with van der Waals surface area (Å²) in [5.74, 6) is 3.11. The zero-order chi connectivity index (χ0) is 16.1. The van der Waals surface area contributed by atoms with Gasteiger partial charge in [-0.3, -0.25) is 0 Å². The van der Waals surface area contributed by atoms with Gasteiger partial charge < -0.3 is 0 Å². The number of hydrogen-bond donors (Lipinski definition) is 0. The van der Waals surface area contributed by atoms with Crippen LogP contribution in [0, 0.1) is 11.6 Å². The minimum Gasteiger partial charge on any atom is -0.0992 e. The molecule has 0 nitrogen and oxygen atoms in total. The van der Waals surface area contributed by atoms with Gasteiger partial charge >= 0.3 is 0 Å². The molecule has 1 heteroatoms. The highest BCUT2D eigenvalue weighted by atomic mass is 31.0. The molecule has 0 bridgehead atoms. The van der Waals surface area contributed by atoms with Gasteiger partial charge in [0, 0.05) is 6.42 Å². The van der Waals surface area contributed by atoms with E-state index in [1.807, 2.05) is 0 Å². The van der Waals surface area contributed by atoms with E-state index in [0.717, 1.165) is 6.42 Å². The normalized spacial score (nSPS) is 10.5. The first-order valence-electron chi connectivity index (χ1n) is 10.1. The molecule has 0 heterocycles. The van der Waals surface area contributed by atoms with E-state index in [1.54, 1.807) is 0 Å². The van der Waals surface area contributed by atoms with Crippen molar-refractivity contribution < 1.29 is 0 Å². The number of rotatable bonds is 17. The van der Waals surface area contributed by atoms with E-state index in [4.69, 9.17) is 0 Å².